The van der Waals surface area contributed by atoms with Crippen LogP contribution in [0.15, 0.2) is 56.2 Å². The minimum Gasteiger partial charge on any atom is 2.00 e. The number of rotatable bonds is 4. The smallest absolute Gasteiger partial charge is 2.00 e. The van der Waals surface area contributed by atoms with E-state index in [0.717, 1.165) is 45.2 Å². The van der Waals surface area contributed by atoms with Gasteiger partial charge in [-0.15, -0.1) is 13.2 Å². The van der Waals surface area contributed by atoms with Gasteiger partial charge in [-0.2, -0.15) is 0 Å². The van der Waals surface area contributed by atoms with E-state index in [4.69, 9.17) is 1.37 Å². The third-order valence-electron chi connectivity index (χ3n) is 7.05. The van der Waals surface area contributed by atoms with Crippen LogP contribution in [0.3, 0.4) is 0 Å². The summed E-state index contributed by atoms with van der Waals surface area (Å²) in [5, 5.41) is 0. The number of hydrogen-bond acceptors (Lipinski definition) is 3. The molecule has 3 aliphatic rings. The number of ketones is 3. The van der Waals surface area contributed by atoms with Gasteiger partial charge in [-0.3, -0.25) is 25.4 Å². The fraction of sp³-hybridized carbons (Fsp3) is 0.581. The average molecular weight is 788 g/mol. The summed E-state index contributed by atoms with van der Waals surface area (Å²) < 4.78 is 15.5. The Morgan fingerprint density at radius 3 is 1.57 bits per heavy atom. The van der Waals surface area contributed by atoms with Gasteiger partial charge in [0.15, 0.2) is 11.6 Å². The molecule has 0 heterocycles. The second-order valence-corrected chi connectivity index (χ2v) is 24.6. The molecule has 0 bridgehead atoms. The minimum absolute atomic E-state index is 0. The van der Waals surface area contributed by atoms with Gasteiger partial charge in [-0.25, -0.2) is 0 Å². The van der Waals surface area contributed by atoms with Crippen LogP contribution in [-0.2, 0) is 27.5 Å². The average Bonchev–Trinajstić information content (AvgIpc) is 2.90. The fourth-order valence-corrected chi connectivity index (χ4v) is 7.91. The Balaban J connectivity index is -0.000000148. The zero-order valence-electron chi connectivity index (χ0n) is 27.4. The molecule has 0 aromatic rings. The van der Waals surface area contributed by atoms with Crippen molar-refractivity contribution in [3.8, 4) is 0 Å². The van der Waals surface area contributed by atoms with Crippen molar-refractivity contribution in [2.24, 2.45) is 11.8 Å². The normalized spacial score (nSPS) is 22.8. The monoisotopic (exact) mass is 784 g/mol. The molecule has 42 heavy (non-hydrogen) atoms. The Morgan fingerprint density at radius 1 is 0.857 bits per heavy atom. The summed E-state index contributed by atoms with van der Waals surface area (Å²) in [7, 11) is 6.15. The summed E-state index contributed by atoms with van der Waals surface area (Å²) in [6.45, 7) is 28.5. The number of alkyl halides is 1. The van der Waals surface area contributed by atoms with Gasteiger partial charge in [0.05, 0.1) is 8.52 Å². The number of hydrogen-bond donors (Lipinski definition) is 0. The molecule has 243 valence electrons. The summed E-state index contributed by atoms with van der Waals surface area (Å²) >= 11 is 0.757. The summed E-state index contributed by atoms with van der Waals surface area (Å²) in [6, 6.07) is 0. The molecule has 0 N–H and O–H groups in total. The predicted molar refractivity (Wildman–Crippen MR) is 182 cm³/mol. The van der Waals surface area contributed by atoms with Crippen LogP contribution >= 0.6 is 20.2 Å². The van der Waals surface area contributed by atoms with E-state index < -0.39 is 23.3 Å². The molecule has 1 saturated carbocycles. The van der Waals surface area contributed by atoms with E-state index in [0.29, 0.717) is 40.9 Å². The Bertz CT molecular complexity index is 854. The van der Waals surface area contributed by atoms with Gasteiger partial charge in [0.1, 0.15) is 5.78 Å². The third-order valence-corrected chi connectivity index (χ3v) is 12.8. The first-order valence-corrected chi connectivity index (χ1v) is 23.1. The second kappa shape index (κ2) is 30.1. The van der Waals surface area contributed by atoms with Crippen LogP contribution < -0.4 is 17.0 Å². The van der Waals surface area contributed by atoms with Crippen LogP contribution in [0.4, 0.5) is 4.39 Å². The van der Waals surface area contributed by atoms with Crippen molar-refractivity contribution in [2.45, 2.75) is 95.3 Å². The van der Waals surface area contributed by atoms with Crippen molar-refractivity contribution in [1.82, 2.24) is 0 Å². The Morgan fingerprint density at radius 2 is 1.26 bits per heavy atom. The number of allylic oxidation sites excluding steroid dienone is 6. The Labute approximate surface area is 301 Å². The molecule has 0 radical (unpaired) electrons. The van der Waals surface area contributed by atoms with Gasteiger partial charge in [0.2, 0.25) is 0 Å². The van der Waals surface area contributed by atoms with E-state index in [1.165, 1.54) is 6.42 Å². The van der Waals surface area contributed by atoms with Gasteiger partial charge in [-0.05, 0) is 54.3 Å². The zero-order valence-corrected chi connectivity index (χ0v) is 33.8. The van der Waals surface area contributed by atoms with E-state index in [1.54, 1.807) is 12.2 Å². The molecule has 0 aromatic carbocycles. The predicted octanol–water partition coefficient (Wildman–Crippen LogP) is 6.76. The summed E-state index contributed by atoms with van der Waals surface area (Å²) in [6.07, 6.45) is 17.5. The number of halogens is 4. The fourth-order valence-electron chi connectivity index (χ4n) is 4.40. The first kappa shape index (κ1) is 49.3. The maximum absolute atomic E-state index is 11.5. The molecule has 3 aliphatic carbocycles. The standard InChI is InChI=1S/C11H20OSi.C9H16OSi.C8H10O.C2H3.CH3F.BrH.2ClH.Cu.Mg/c1-5-9-6-10(12)8-11(7-9)13(2,3)4;1-11(2,3)9-6-4-5-8(10)7-9;1-2-7-4-3-5-8(9)6-7;2*1-2;;;;;/h5,9,11H,1,6-8H2,2-4H3;4-5,9H,6-7H2,1-3H3;2-3,5,7H,1,4,6H2;1H,2H2;1H3;3*1H;;/q;;;-1;;;;;2*+2/p-3/t9-,11+;9-;7-;;;;;;;/m011......./s1/i;;;;1D;;;;;. The van der Waals surface area contributed by atoms with Crippen LogP contribution in [0.2, 0.25) is 50.4 Å². The van der Waals surface area contributed by atoms with Crippen molar-refractivity contribution >= 4 is 76.7 Å². The van der Waals surface area contributed by atoms with E-state index in [1.807, 2.05) is 24.3 Å². The maximum atomic E-state index is 11.5. The maximum Gasteiger partial charge on any atom is 2.00 e. The van der Waals surface area contributed by atoms with E-state index in [9.17, 15) is 18.8 Å². The van der Waals surface area contributed by atoms with E-state index >= 15 is 0 Å². The molecule has 11 heteroatoms. The molecule has 0 amide bonds. The summed E-state index contributed by atoms with van der Waals surface area (Å²) in [4.78, 5) is 33.2. The first-order valence-electron chi connectivity index (χ1n) is 14.0. The molecule has 0 aliphatic heterocycles. The molecular formula is C31H52BrCl2CuFMgO3Si2. The van der Waals surface area contributed by atoms with Crippen LogP contribution in [0, 0.1) is 18.4 Å². The molecular weight excluding hydrogens is 734 g/mol. The van der Waals surface area contributed by atoms with Crippen molar-refractivity contribution in [2.75, 3.05) is 7.15 Å². The molecule has 0 spiro atoms. The summed E-state index contributed by atoms with van der Waals surface area (Å²) in [5.74, 6) is 1.85. The van der Waals surface area contributed by atoms with Gasteiger partial charge < -0.3 is 23.6 Å². The largest absolute Gasteiger partial charge is 2.00 e. The summed E-state index contributed by atoms with van der Waals surface area (Å²) in [5.41, 5.74) is 1.36. The first-order chi connectivity index (χ1) is 19.1. The van der Waals surface area contributed by atoms with Crippen LogP contribution in [0.1, 0.15) is 46.3 Å². The molecule has 4 atom stereocenters. The van der Waals surface area contributed by atoms with E-state index in [-0.39, 0.29) is 45.8 Å². The second-order valence-electron chi connectivity index (χ2n) is 12.0. The van der Waals surface area contributed by atoms with Crippen LogP contribution in [0.5, 0.6) is 0 Å². The third kappa shape index (κ3) is 26.8. The van der Waals surface area contributed by atoms with Gasteiger partial charge >= 0.3 is 56.4 Å². The molecule has 1 fully saturated rings. The number of carbonyl (C=O) groups excluding carboxylic acids is 3. The van der Waals surface area contributed by atoms with Gasteiger partial charge in [0, 0.05) is 41.8 Å². The number of Topliss-reactive ketones (excluding diaryl/α,β-unsaturated/α-hetero) is 1. The molecule has 0 aromatic heterocycles. The molecule has 0 unspecified atom stereocenters. The molecule has 3 rings (SSSR count). The van der Waals surface area contributed by atoms with Crippen LogP contribution in [-0.4, -0.2) is 63.7 Å². The zero-order chi connectivity index (χ0) is 32.6. The number of carbonyl (C=O) groups is 3. The topological polar surface area (TPSA) is 51.2 Å². The van der Waals surface area contributed by atoms with E-state index in [2.05, 4.69) is 85.8 Å². The molecule has 0 saturated heterocycles. The van der Waals surface area contributed by atoms with Crippen molar-refractivity contribution in [3.63, 3.8) is 0 Å². The van der Waals surface area contributed by atoms with Crippen molar-refractivity contribution in [1.29, 1.82) is 0 Å². The minimum atomic E-state index is -1.12. The Kier molecular flexibility index (Phi) is 35.3. The Hall–Kier alpha value is 0.419. The quantitative estimate of drug-likeness (QED) is 0.180. The van der Waals surface area contributed by atoms with Crippen molar-refractivity contribution < 1.29 is 50.3 Å². The van der Waals surface area contributed by atoms with Crippen molar-refractivity contribution in [3.05, 3.63) is 62.8 Å². The van der Waals surface area contributed by atoms with Gasteiger partial charge in [-0.1, -0.05) is 63.6 Å². The SMILES string of the molecule is C=C[C@@H]1CC=CC(=O)C1.C=C[C@H]1CC(=O)C[C@H]([Si](C)(C)C)C1.C[Si](C)(C)[C@@H]1CC=CC(=O)C1.[2H]CF.[Br-].[CH-]=C.[Cl][Cu][Cl].[Mg+2]. The van der Waals surface area contributed by atoms with Crippen LogP contribution in [0.25, 0.3) is 0 Å². The van der Waals surface area contributed by atoms with Gasteiger partial charge in [0.25, 0.3) is 0 Å². The molecule has 3 nitrogen and oxygen atoms in total.